The highest BCUT2D eigenvalue weighted by Crippen LogP contribution is 2.26. The maximum atomic E-state index is 13.4. The van der Waals surface area contributed by atoms with Crippen molar-refractivity contribution in [2.45, 2.75) is 26.3 Å². The second-order valence-corrected chi connectivity index (χ2v) is 4.88. The van der Waals surface area contributed by atoms with Gasteiger partial charge in [-0.25, -0.2) is 8.78 Å². The standard InChI is InChI=1S/C12H15ClF2N2O/c1-6(2)3-10(16)12(18)17-11-8(13)4-7(14)5-9(11)15/h4-6,10H,3,16H2,1-2H3,(H,17,18). The fourth-order valence-electron chi connectivity index (χ4n) is 1.49. The van der Waals surface area contributed by atoms with E-state index in [-0.39, 0.29) is 16.6 Å². The number of rotatable bonds is 4. The van der Waals surface area contributed by atoms with Gasteiger partial charge in [-0.15, -0.1) is 0 Å². The number of hydrogen-bond donors (Lipinski definition) is 2. The fraction of sp³-hybridized carbons (Fsp3) is 0.417. The van der Waals surface area contributed by atoms with Crippen molar-refractivity contribution < 1.29 is 13.6 Å². The molecule has 1 amide bonds. The Morgan fingerprint density at radius 3 is 2.56 bits per heavy atom. The molecule has 18 heavy (non-hydrogen) atoms. The number of nitrogens with two attached hydrogens (primary N) is 1. The van der Waals surface area contributed by atoms with E-state index < -0.39 is 23.6 Å². The molecule has 0 radical (unpaired) electrons. The maximum Gasteiger partial charge on any atom is 0.241 e. The summed E-state index contributed by atoms with van der Waals surface area (Å²) in [6.07, 6.45) is 0.465. The Labute approximate surface area is 109 Å². The lowest BCUT2D eigenvalue weighted by molar-refractivity contribution is -0.117. The van der Waals surface area contributed by atoms with Crippen molar-refractivity contribution in [2.75, 3.05) is 5.32 Å². The van der Waals surface area contributed by atoms with E-state index in [0.29, 0.717) is 12.5 Å². The maximum absolute atomic E-state index is 13.4. The van der Waals surface area contributed by atoms with Crippen molar-refractivity contribution in [1.29, 1.82) is 0 Å². The minimum absolute atomic E-state index is 0.197. The number of hydrogen-bond acceptors (Lipinski definition) is 2. The first-order valence-corrected chi connectivity index (χ1v) is 5.90. The first-order valence-electron chi connectivity index (χ1n) is 5.52. The number of halogens is 3. The average Bonchev–Trinajstić information content (AvgIpc) is 2.21. The van der Waals surface area contributed by atoms with Gasteiger partial charge in [0, 0.05) is 6.07 Å². The predicted molar refractivity (Wildman–Crippen MR) is 67.4 cm³/mol. The molecule has 0 saturated heterocycles. The van der Waals surface area contributed by atoms with E-state index in [1.807, 2.05) is 13.8 Å². The lowest BCUT2D eigenvalue weighted by atomic mass is 10.0. The third-order valence-corrected chi connectivity index (χ3v) is 2.62. The van der Waals surface area contributed by atoms with Crippen LogP contribution in [-0.4, -0.2) is 11.9 Å². The number of carbonyl (C=O) groups is 1. The predicted octanol–water partition coefficient (Wildman–Crippen LogP) is 2.93. The minimum atomic E-state index is -0.926. The molecule has 100 valence electrons. The van der Waals surface area contributed by atoms with E-state index in [1.54, 1.807) is 0 Å². The van der Waals surface area contributed by atoms with Gasteiger partial charge in [0.2, 0.25) is 5.91 Å². The van der Waals surface area contributed by atoms with Crippen LogP contribution in [0.5, 0.6) is 0 Å². The molecular formula is C12H15ClF2N2O. The molecule has 0 heterocycles. The molecule has 0 saturated carbocycles. The minimum Gasteiger partial charge on any atom is -0.321 e. The SMILES string of the molecule is CC(C)CC(N)C(=O)Nc1c(F)cc(F)cc1Cl. The average molecular weight is 277 g/mol. The van der Waals surface area contributed by atoms with Crippen molar-refractivity contribution in [3.8, 4) is 0 Å². The molecule has 1 aromatic carbocycles. The fourth-order valence-corrected chi connectivity index (χ4v) is 1.73. The van der Waals surface area contributed by atoms with Crippen molar-refractivity contribution in [3.05, 3.63) is 28.8 Å². The number of amides is 1. The summed E-state index contributed by atoms with van der Waals surface area (Å²) in [5.74, 6) is -2.04. The van der Waals surface area contributed by atoms with E-state index in [0.717, 1.165) is 6.07 Å². The summed E-state index contributed by atoms with van der Waals surface area (Å²) in [5, 5.41) is 2.08. The zero-order valence-corrected chi connectivity index (χ0v) is 10.9. The summed E-state index contributed by atoms with van der Waals surface area (Å²) >= 11 is 5.65. The lowest BCUT2D eigenvalue weighted by Crippen LogP contribution is -2.37. The van der Waals surface area contributed by atoms with Crippen LogP contribution in [0.15, 0.2) is 12.1 Å². The molecule has 0 aromatic heterocycles. The van der Waals surface area contributed by atoms with Gasteiger partial charge < -0.3 is 11.1 Å². The van der Waals surface area contributed by atoms with Crippen LogP contribution < -0.4 is 11.1 Å². The van der Waals surface area contributed by atoms with Gasteiger partial charge in [0.05, 0.1) is 16.8 Å². The van der Waals surface area contributed by atoms with Crippen LogP contribution in [0, 0.1) is 17.6 Å². The zero-order valence-electron chi connectivity index (χ0n) is 10.1. The Kier molecular flexibility index (Phi) is 5.04. The van der Waals surface area contributed by atoms with Gasteiger partial charge in [0.1, 0.15) is 5.82 Å². The molecule has 1 atom stereocenters. The number of benzene rings is 1. The molecule has 1 rings (SSSR count). The third-order valence-electron chi connectivity index (χ3n) is 2.32. The number of anilines is 1. The normalized spacial score (nSPS) is 12.6. The molecule has 0 aliphatic rings. The van der Waals surface area contributed by atoms with Gasteiger partial charge in [0.15, 0.2) is 5.82 Å². The number of nitrogens with one attached hydrogen (secondary N) is 1. The Balaban J connectivity index is 2.82. The highest BCUT2D eigenvalue weighted by Gasteiger charge is 2.18. The first-order chi connectivity index (χ1) is 8.31. The Bertz CT molecular complexity index is 429. The van der Waals surface area contributed by atoms with Crippen molar-refractivity contribution in [2.24, 2.45) is 11.7 Å². The Morgan fingerprint density at radius 2 is 2.06 bits per heavy atom. The van der Waals surface area contributed by atoms with Gasteiger partial charge in [0.25, 0.3) is 0 Å². The van der Waals surface area contributed by atoms with Crippen LogP contribution in [0.4, 0.5) is 14.5 Å². The van der Waals surface area contributed by atoms with E-state index in [1.165, 1.54) is 0 Å². The molecule has 0 aliphatic heterocycles. The van der Waals surface area contributed by atoms with Crippen LogP contribution in [0.3, 0.4) is 0 Å². The monoisotopic (exact) mass is 276 g/mol. The lowest BCUT2D eigenvalue weighted by Gasteiger charge is -2.15. The van der Waals surface area contributed by atoms with Gasteiger partial charge >= 0.3 is 0 Å². The van der Waals surface area contributed by atoms with Crippen LogP contribution in [0.25, 0.3) is 0 Å². The summed E-state index contributed by atoms with van der Waals surface area (Å²) in [7, 11) is 0. The quantitative estimate of drug-likeness (QED) is 0.888. The van der Waals surface area contributed by atoms with Crippen molar-refractivity contribution >= 4 is 23.2 Å². The zero-order chi connectivity index (χ0) is 13.9. The second kappa shape index (κ2) is 6.11. The van der Waals surface area contributed by atoms with Gasteiger partial charge in [-0.3, -0.25) is 4.79 Å². The van der Waals surface area contributed by atoms with Crippen LogP contribution in [-0.2, 0) is 4.79 Å². The van der Waals surface area contributed by atoms with Crippen LogP contribution in [0.1, 0.15) is 20.3 Å². The van der Waals surface area contributed by atoms with E-state index in [4.69, 9.17) is 17.3 Å². The summed E-state index contributed by atoms with van der Waals surface area (Å²) in [6.45, 7) is 3.83. The second-order valence-electron chi connectivity index (χ2n) is 4.47. The molecular weight excluding hydrogens is 262 g/mol. The first kappa shape index (κ1) is 14.9. The largest absolute Gasteiger partial charge is 0.321 e. The van der Waals surface area contributed by atoms with Crippen LogP contribution >= 0.6 is 11.6 Å². The van der Waals surface area contributed by atoms with E-state index >= 15 is 0 Å². The third kappa shape index (κ3) is 3.92. The van der Waals surface area contributed by atoms with E-state index in [2.05, 4.69) is 5.32 Å². The summed E-state index contributed by atoms with van der Waals surface area (Å²) < 4.78 is 26.2. The van der Waals surface area contributed by atoms with E-state index in [9.17, 15) is 13.6 Å². The number of carbonyl (C=O) groups excluding carboxylic acids is 1. The summed E-state index contributed by atoms with van der Waals surface area (Å²) in [5.41, 5.74) is 5.40. The van der Waals surface area contributed by atoms with Gasteiger partial charge in [-0.2, -0.15) is 0 Å². The van der Waals surface area contributed by atoms with Gasteiger partial charge in [-0.1, -0.05) is 25.4 Å². The Hall–Kier alpha value is -1.20. The molecule has 0 fully saturated rings. The highest BCUT2D eigenvalue weighted by atomic mass is 35.5. The van der Waals surface area contributed by atoms with Crippen molar-refractivity contribution in [3.63, 3.8) is 0 Å². The van der Waals surface area contributed by atoms with Crippen molar-refractivity contribution in [1.82, 2.24) is 0 Å². The molecule has 3 nitrogen and oxygen atoms in total. The molecule has 3 N–H and O–H groups in total. The molecule has 6 heteroatoms. The molecule has 0 aliphatic carbocycles. The molecule has 0 bridgehead atoms. The Morgan fingerprint density at radius 1 is 1.44 bits per heavy atom. The molecule has 1 unspecified atom stereocenters. The smallest absolute Gasteiger partial charge is 0.241 e. The summed E-state index contributed by atoms with van der Waals surface area (Å²) in [4.78, 5) is 11.7. The molecule has 1 aromatic rings. The summed E-state index contributed by atoms with van der Waals surface area (Å²) in [6, 6.07) is 0.814. The highest BCUT2D eigenvalue weighted by molar-refractivity contribution is 6.33. The molecule has 0 spiro atoms. The topological polar surface area (TPSA) is 55.1 Å². The van der Waals surface area contributed by atoms with Gasteiger partial charge in [-0.05, 0) is 18.4 Å². The van der Waals surface area contributed by atoms with Crippen LogP contribution in [0.2, 0.25) is 5.02 Å².